The van der Waals surface area contributed by atoms with Gasteiger partial charge in [-0.3, -0.25) is 4.79 Å². The van der Waals surface area contributed by atoms with Crippen molar-refractivity contribution in [3.8, 4) is 11.3 Å². The van der Waals surface area contributed by atoms with Gasteiger partial charge in [0.15, 0.2) is 11.5 Å². The second-order valence-corrected chi connectivity index (χ2v) is 7.95. The van der Waals surface area contributed by atoms with E-state index in [2.05, 4.69) is 32.8 Å². The van der Waals surface area contributed by atoms with Crippen molar-refractivity contribution in [1.29, 1.82) is 0 Å². The number of nitrogens with zero attached hydrogens (tertiary/aromatic N) is 2. The van der Waals surface area contributed by atoms with Crippen LogP contribution in [-0.4, -0.2) is 22.4 Å². The van der Waals surface area contributed by atoms with Crippen LogP contribution in [0.5, 0.6) is 0 Å². The van der Waals surface area contributed by atoms with E-state index in [9.17, 15) is 4.79 Å². The molecule has 2 aromatic carbocycles. The van der Waals surface area contributed by atoms with Crippen LogP contribution in [0.25, 0.3) is 22.4 Å². The first kappa shape index (κ1) is 17.1. The lowest BCUT2D eigenvalue weighted by molar-refractivity contribution is 0.0954. The molecule has 140 valence electrons. The maximum absolute atomic E-state index is 12.5. The number of nitrogens with one attached hydrogen (secondary N) is 1. The third kappa shape index (κ3) is 3.55. The van der Waals surface area contributed by atoms with Crippen molar-refractivity contribution in [2.45, 2.75) is 25.2 Å². The van der Waals surface area contributed by atoms with Crippen molar-refractivity contribution >= 4 is 28.3 Å². The zero-order valence-corrected chi connectivity index (χ0v) is 16.0. The molecule has 0 unspecified atom stereocenters. The Bertz CT molecular complexity index is 1130. The molecule has 1 N–H and O–H groups in total. The van der Waals surface area contributed by atoms with Gasteiger partial charge in [0.1, 0.15) is 5.52 Å². The molecular weight excluding hydrogens is 370 g/mol. The van der Waals surface area contributed by atoms with Crippen molar-refractivity contribution in [3.05, 3.63) is 70.4 Å². The number of aromatic nitrogens is 2. The molecule has 0 saturated heterocycles. The fourth-order valence-corrected chi connectivity index (χ4v) is 3.95. The lowest BCUT2D eigenvalue weighted by Gasteiger charge is -2.03. The molecule has 5 rings (SSSR count). The molecule has 1 saturated carbocycles. The first-order valence-electron chi connectivity index (χ1n) is 9.45. The van der Waals surface area contributed by atoms with Gasteiger partial charge in [-0.2, -0.15) is 0 Å². The Labute approximate surface area is 166 Å². The summed E-state index contributed by atoms with van der Waals surface area (Å²) in [4.78, 5) is 21.6. The Balaban J connectivity index is 1.20. The van der Waals surface area contributed by atoms with Crippen molar-refractivity contribution in [2.24, 2.45) is 0 Å². The number of rotatable bonds is 6. The summed E-state index contributed by atoms with van der Waals surface area (Å²) in [6.45, 7) is 0.544. The van der Waals surface area contributed by atoms with E-state index in [1.165, 1.54) is 0 Å². The summed E-state index contributed by atoms with van der Waals surface area (Å²) in [5, 5.41) is 6.04. The molecule has 0 aliphatic heterocycles. The third-order valence-electron chi connectivity index (χ3n) is 4.84. The average Bonchev–Trinajstić information content (AvgIpc) is 3.32. The van der Waals surface area contributed by atoms with Gasteiger partial charge in [-0.1, -0.05) is 30.3 Å². The van der Waals surface area contributed by atoms with Crippen LogP contribution in [0.1, 0.15) is 40.0 Å². The zero-order chi connectivity index (χ0) is 18.9. The highest BCUT2D eigenvalue weighted by molar-refractivity contribution is 7.09. The van der Waals surface area contributed by atoms with Crippen molar-refractivity contribution in [3.63, 3.8) is 0 Å². The molecule has 2 heterocycles. The van der Waals surface area contributed by atoms with Gasteiger partial charge < -0.3 is 9.73 Å². The summed E-state index contributed by atoms with van der Waals surface area (Å²) in [5.74, 6) is 1.15. The number of oxazole rings is 1. The smallest absolute Gasteiger partial charge is 0.251 e. The number of thiazole rings is 1. The van der Waals surface area contributed by atoms with Gasteiger partial charge in [0, 0.05) is 35.4 Å². The highest BCUT2D eigenvalue weighted by Crippen LogP contribution is 2.40. The van der Waals surface area contributed by atoms with Crippen LogP contribution in [-0.2, 0) is 6.42 Å². The topological polar surface area (TPSA) is 68.0 Å². The monoisotopic (exact) mass is 389 g/mol. The molecule has 0 atom stereocenters. The van der Waals surface area contributed by atoms with Gasteiger partial charge in [-0.05, 0) is 31.0 Å². The molecule has 4 aromatic rings. The second-order valence-electron chi connectivity index (χ2n) is 7.01. The van der Waals surface area contributed by atoms with Crippen LogP contribution in [0.4, 0.5) is 0 Å². The average molecular weight is 389 g/mol. The van der Waals surface area contributed by atoms with Crippen LogP contribution in [0.3, 0.4) is 0 Å². The van der Waals surface area contributed by atoms with Crippen LogP contribution < -0.4 is 5.32 Å². The van der Waals surface area contributed by atoms with Crippen molar-refractivity contribution < 1.29 is 9.21 Å². The minimum Gasteiger partial charge on any atom is -0.440 e. The third-order valence-corrected chi connectivity index (χ3v) is 5.75. The predicted molar refractivity (Wildman–Crippen MR) is 110 cm³/mol. The summed E-state index contributed by atoms with van der Waals surface area (Å²) in [6, 6.07) is 15.5. The first-order valence-corrected chi connectivity index (χ1v) is 10.3. The molecule has 0 radical (unpaired) electrons. The van der Waals surface area contributed by atoms with Gasteiger partial charge in [-0.25, -0.2) is 9.97 Å². The molecule has 6 heteroatoms. The minimum atomic E-state index is -0.105. The van der Waals surface area contributed by atoms with Crippen molar-refractivity contribution in [2.75, 3.05) is 6.54 Å². The lowest BCUT2D eigenvalue weighted by atomic mass is 10.2. The summed E-state index contributed by atoms with van der Waals surface area (Å²) in [6.07, 6.45) is 2.99. The van der Waals surface area contributed by atoms with E-state index in [1.807, 2.05) is 24.3 Å². The number of benzene rings is 2. The van der Waals surface area contributed by atoms with E-state index in [4.69, 9.17) is 4.42 Å². The van der Waals surface area contributed by atoms with Crippen molar-refractivity contribution in [1.82, 2.24) is 15.3 Å². The molecule has 1 aliphatic rings. The Kier molecular flexibility index (Phi) is 4.41. The maximum atomic E-state index is 12.5. The molecule has 1 fully saturated rings. The number of carbonyl (C=O) groups is 1. The fourth-order valence-electron chi connectivity index (χ4n) is 3.14. The predicted octanol–water partition coefficient (Wildman–Crippen LogP) is 4.80. The van der Waals surface area contributed by atoms with E-state index < -0.39 is 0 Å². The lowest BCUT2D eigenvalue weighted by Crippen LogP contribution is -2.25. The molecule has 0 bridgehead atoms. The standard InChI is InChI=1S/C22H19N3O2S/c26-21(16-8-9-17-19(12-16)27-22(25-17)15-6-7-15)23-11-10-20-24-18(13-28-20)14-4-2-1-3-5-14/h1-5,8-9,12-13,15H,6-7,10-11H2,(H,23,26). The SMILES string of the molecule is O=C(NCCc1nc(-c2ccccc2)cs1)c1ccc2nc(C3CC3)oc2c1. The van der Waals surface area contributed by atoms with Gasteiger partial charge in [0.25, 0.3) is 5.91 Å². The second kappa shape index (κ2) is 7.20. The summed E-state index contributed by atoms with van der Waals surface area (Å²) in [5.41, 5.74) is 4.18. The number of hydrogen-bond acceptors (Lipinski definition) is 5. The number of fused-ring (bicyclic) bond motifs is 1. The number of amides is 1. The maximum Gasteiger partial charge on any atom is 0.251 e. The van der Waals surface area contributed by atoms with E-state index in [-0.39, 0.29) is 5.91 Å². The molecule has 0 spiro atoms. The normalized spacial score (nSPS) is 13.7. The molecule has 28 heavy (non-hydrogen) atoms. The van der Waals surface area contributed by atoms with Crippen LogP contribution >= 0.6 is 11.3 Å². The van der Waals surface area contributed by atoms with E-state index in [0.717, 1.165) is 40.5 Å². The molecule has 5 nitrogen and oxygen atoms in total. The largest absolute Gasteiger partial charge is 0.440 e. The molecular formula is C22H19N3O2S. The molecule has 1 amide bonds. The highest BCUT2D eigenvalue weighted by atomic mass is 32.1. The summed E-state index contributed by atoms with van der Waals surface area (Å²) in [7, 11) is 0. The minimum absolute atomic E-state index is 0.105. The quantitative estimate of drug-likeness (QED) is 0.514. The van der Waals surface area contributed by atoms with Crippen LogP contribution in [0, 0.1) is 0 Å². The first-order chi connectivity index (χ1) is 13.8. The molecule has 2 aromatic heterocycles. The Morgan fingerprint density at radius 1 is 1.14 bits per heavy atom. The Morgan fingerprint density at radius 3 is 2.82 bits per heavy atom. The van der Waals surface area contributed by atoms with Gasteiger partial charge in [-0.15, -0.1) is 11.3 Å². The zero-order valence-electron chi connectivity index (χ0n) is 15.2. The van der Waals surface area contributed by atoms with E-state index in [0.29, 0.717) is 30.0 Å². The van der Waals surface area contributed by atoms with Gasteiger partial charge >= 0.3 is 0 Å². The highest BCUT2D eigenvalue weighted by Gasteiger charge is 2.29. The van der Waals surface area contributed by atoms with Crippen LogP contribution in [0.2, 0.25) is 0 Å². The summed E-state index contributed by atoms with van der Waals surface area (Å²) >= 11 is 1.62. The van der Waals surface area contributed by atoms with Gasteiger partial charge in [0.2, 0.25) is 0 Å². The van der Waals surface area contributed by atoms with Crippen LogP contribution in [0.15, 0.2) is 58.3 Å². The number of carbonyl (C=O) groups excluding carboxylic acids is 1. The Hall–Kier alpha value is -2.99. The summed E-state index contributed by atoms with van der Waals surface area (Å²) < 4.78 is 5.80. The fraction of sp³-hybridized carbons (Fsp3) is 0.227. The van der Waals surface area contributed by atoms with E-state index >= 15 is 0 Å². The van der Waals surface area contributed by atoms with E-state index in [1.54, 1.807) is 23.5 Å². The molecule has 1 aliphatic carbocycles. The van der Waals surface area contributed by atoms with Gasteiger partial charge in [0.05, 0.1) is 10.7 Å². The Morgan fingerprint density at radius 2 is 2.00 bits per heavy atom. The number of hydrogen-bond donors (Lipinski definition) is 1.